The van der Waals surface area contributed by atoms with E-state index in [0.29, 0.717) is 11.4 Å². The predicted octanol–water partition coefficient (Wildman–Crippen LogP) is 4.80. The van der Waals surface area contributed by atoms with E-state index in [9.17, 15) is 5.11 Å². The summed E-state index contributed by atoms with van der Waals surface area (Å²) >= 11 is 5.86. The summed E-state index contributed by atoms with van der Waals surface area (Å²) in [6, 6.07) is 15.2. The second kappa shape index (κ2) is 8.06. The summed E-state index contributed by atoms with van der Waals surface area (Å²) in [7, 11) is 0. The minimum absolute atomic E-state index is 0.518. The van der Waals surface area contributed by atoms with E-state index in [1.807, 2.05) is 48.5 Å². The molecule has 0 amide bonds. The van der Waals surface area contributed by atoms with Crippen LogP contribution in [0.2, 0.25) is 5.02 Å². The van der Waals surface area contributed by atoms with Gasteiger partial charge >= 0.3 is 0 Å². The van der Waals surface area contributed by atoms with Crippen LogP contribution in [0.25, 0.3) is 0 Å². The quantitative estimate of drug-likeness (QED) is 0.745. The highest BCUT2D eigenvalue weighted by molar-refractivity contribution is 6.30. The highest BCUT2D eigenvalue weighted by atomic mass is 35.5. The molecule has 112 valence electrons. The van der Waals surface area contributed by atoms with Gasteiger partial charge < -0.3 is 9.84 Å². The van der Waals surface area contributed by atoms with Crippen molar-refractivity contribution in [2.24, 2.45) is 0 Å². The van der Waals surface area contributed by atoms with E-state index in [4.69, 9.17) is 16.3 Å². The Morgan fingerprint density at radius 1 is 1.05 bits per heavy atom. The van der Waals surface area contributed by atoms with Gasteiger partial charge in [-0.05, 0) is 41.8 Å². The Morgan fingerprint density at radius 3 is 2.33 bits per heavy atom. The molecule has 2 rings (SSSR count). The fraction of sp³-hybridized carbons (Fsp3) is 0.333. The van der Waals surface area contributed by atoms with Crippen molar-refractivity contribution < 1.29 is 9.84 Å². The van der Waals surface area contributed by atoms with Gasteiger partial charge in [-0.25, -0.2) is 0 Å². The average Bonchev–Trinajstić information content (AvgIpc) is 2.50. The zero-order valence-corrected chi connectivity index (χ0v) is 13.0. The number of aliphatic hydroxyl groups is 1. The first-order chi connectivity index (χ1) is 10.2. The molecule has 0 aliphatic heterocycles. The van der Waals surface area contributed by atoms with Crippen LogP contribution in [0.1, 0.15) is 37.0 Å². The molecular formula is C18H21ClO2. The number of benzene rings is 2. The van der Waals surface area contributed by atoms with Crippen molar-refractivity contribution >= 4 is 11.6 Å². The molecule has 0 saturated carbocycles. The molecule has 2 nitrogen and oxygen atoms in total. The van der Waals surface area contributed by atoms with E-state index in [2.05, 4.69) is 6.92 Å². The fourth-order valence-corrected chi connectivity index (χ4v) is 2.21. The van der Waals surface area contributed by atoms with Crippen LogP contribution in [0.5, 0.6) is 5.75 Å². The van der Waals surface area contributed by atoms with Gasteiger partial charge in [0.05, 0.1) is 12.7 Å². The molecule has 2 aromatic carbocycles. The van der Waals surface area contributed by atoms with Gasteiger partial charge in [-0.3, -0.25) is 0 Å². The smallest absolute Gasteiger partial charge is 0.119 e. The molecule has 0 spiro atoms. The molecule has 2 aromatic rings. The van der Waals surface area contributed by atoms with Crippen molar-refractivity contribution in [1.29, 1.82) is 0 Å². The van der Waals surface area contributed by atoms with Gasteiger partial charge in [-0.15, -0.1) is 0 Å². The Kier molecular flexibility index (Phi) is 6.09. The van der Waals surface area contributed by atoms with Crippen LogP contribution in [0, 0.1) is 0 Å². The lowest BCUT2D eigenvalue weighted by atomic mass is 10.0. The lowest BCUT2D eigenvalue weighted by Gasteiger charge is -2.12. The Hall–Kier alpha value is -1.51. The SMILES string of the molecule is CCCCOc1ccc(C(O)Cc2ccc(Cl)cc2)cc1. The summed E-state index contributed by atoms with van der Waals surface area (Å²) in [4.78, 5) is 0. The third-order valence-electron chi connectivity index (χ3n) is 3.37. The Labute approximate surface area is 131 Å². The second-order valence-corrected chi connectivity index (χ2v) is 5.55. The van der Waals surface area contributed by atoms with Gasteiger partial charge in [0.1, 0.15) is 5.75 Å². The normalized spacial score (nSPS) is 12.1. The molecular weight excluding hydrogens is 284 g/mol. The first-order valence-corrected chi connectivity index (χ1v) is 7.72. The summed E-state index contributed by atoms with van der Waals surface area (Å²) in [5, 5.41) is 11.0. The molecule has 0 radical (unpaired) electrons. The largest absolute Gasteiger partial charge is 0.494 e. The maximum absolute atomic E-state index is 10.3. The van der Waals surface area contributed by atoms with Crippen LogP contribution in [0.15, 0.2) is 48.5 Å². The van der Waals surface area contributed by atoms with E-state index < -0.39 is 6.10 Å². The third-order valence-corrected chi connectivity index (χ3v) is 3.63. The van der Waals surface area contributed by atoms with Gasteiger partial charge in [0, 0.05) is 11.4 Å². The Morgan fingerprint density at radius 2 is 1.71 bits per heavy atom. The molecule has 0 aliphatic carbocycles. The summed E-state index contributed by atoms with van der Waals surface area (Å²) < 4.78 is 5.62. The monoisotopic (exact) mass is 304 g/mol. The molecule has 3 heteroatoms. The van der Waals surface area contributed by atoms with Crippen LogP contribution < -0.4 is 4.74 Å². The first-order valence-electron chi connectivity index (χ1n) is 7.34. The van der Waals surface area contributed by atoms with Gasteiger partial charge in [0.2, 0.25) is 0 Å². The van der Waals surface area contributed by atoms with Crippen LogP contribution in [0.3, 0.4) is 0 Å². The fourth-order valence-electron chi connectivity index (χ4n) is 2.08. The molecule has 0 heterocycles. The number of halogens is 1. The highest BCUT2D eigenvalue weighted by Gasteiger charge is 2.08. The molecule has 0 aliphatic rings. The predicted molar refractivity (Wildman–Crippen MR) is 87.0 cm³/mol. The Bertz CT molecular complexity index is 534. The Balaban J connectivity index is 1.93. The van der Waals surface area contributed by atoms with Crippen LogP contribution >= 0.6 is 11.6 Å². The first kappa shape index (κ1) is 15.9. The molecule has 0 aromatic heterocycles. The minimum atomic E-state index is -0.518. The molecule has 0 fully saturated rings. The molecule has 1 atom stereocenters. The lowest BCUT2D eigenvalue weighted by Crippen LogP contribution is -2.02. The highest BCUT2D eigenvalue weighted by Crippen LogP contribution is 2.22. The van der Waals surface area contributed by atoms with Gasteiger partial charge in [0.15, 0.2) is 0 Å². The van der Waals surface area contributed by atoms with Crippen molar-refractivity contribution in [3.63, 3.8) is 0 Å². The number of ether oxygens (including phenoxy) is 1. The van der Waals surface area contributed by atoms with E-state index in [1.165, 1.54) is 0 Å². The van der Waals surface area contributed by atoms with Crippen LogP contribution in [-0.2, 0) is 6.42 Å². The van der Waals surface area contributed by atoms with Crippen LogP contribution in [-0.4, -0.2) is 11.7 Å². The van der Waals surface area contributed by atoms with Gasteiger partial charge in [0.25, 0.3) is 0 Å². The van der Waals surface area contributed by atoms with Crippen molar-refractivity contribution in [2.45, 2.75) is 32.3 Å². The van der Waals surface area contributed by atoms with E-state index in [1.54, 1.807) is 0 Å². The maximum atomic E-state index is 10.3. The van der Waals surface area contributed by atoms with Gasteiger partial charge in [-0.2, -0.15) is 0 Å². The second-order valence-electron chi connectivity index (χ2n) is 5.12. The number of rotatable bonds is 7. The molecule has 1 unspecified atom stereocenters. The molecule has 0 saturated heterocycles. The maximum Gasteiger partial charge on any atom is 0.119 e. The zero-order valence-electron chi connectivity index (χ0n) is 12.3. The van der Waals surface area contributed by atoms with E-state index >= 15 is 0 Å². The summed E-state index contributed by atoms with van der Waals surface area (Å²) in [6.07, 6.45) is 2.24. The van der Waals surface area contributed by atoms with Crippen molar-refractivity contribution in [2.75, 3.05) is 6.61 Å². The third kappa shape index (κ3) is 5.07. The minimum Gasteiger partial charge on any atom is -0.494 e. The van der Waals surface area contributed by atoms with Gasteiger partial charge in [-0.1, -0.05) is 49.2 Å². The van der Waals surface area contributed by atoms with Crippen molar-refractivity contribution in [1.82, 2.24) is 0 Å². The van der Waals surface area contributed by atoms with E-state index in [-0.39, 0.29) is 0 Å². The number of unbranched alkanes of at least 4 members (excludes halogenated alkanes) is 1. The molecule has 1 N–H and O–H groups in total. The molecule has 0 bridgehead atoms. The van der Waals surface area contributed by atoms with Crippen molar-refractivity contribution in [3.8, 4) is 5.75 Å². The standard InChI is InChI=1S/C18H21ClO2/c1-2-3-12-21-17-10-6-15(7-11-17)18(20)13-14-4-8-16(19)9-5-14/h4-11,18,20H,2-3,12-13H2,1H3. The number of hydrogen-bond acceptors (Lipinski definition) is 2. The average molecular weight is 305 g/mol. The number of hydrogen-bond donors (Lipinski definition) is 1. The summed E-state index contributed by atoms with van der Waals surface area (Å²) in [5.74, 6) is 0.853. The zero-order chi connectivity index (χ0) is 15.1. The van der Waals surface area contributed by atoms with E-state index in [0.717, 1.165) is 36.3 Å². The summed E-state index contributed by atoms with van der Waals surface area (Å²) in [6.45, 7) is 2.88. The summed E-state index contributed by atoms with van der Waals surface area (Å²) in [5.41, 5.74) is 1.96. The van der Waals surface area contributed by atoms with Crippen LogP contribution in [0.4, 0.5) is 0 Å². The number of aliphatic hydroxyl groups excluding tert-OH is 1. The molecule has 21 heavy (non-hydrogen) atoms. The van der Waals surface area contributed by atoms with Crippen molar-refractivity contribution in [3.05, 3.63) is 64.7 Å². The topological polar surface area (TPSA) is 29.5 Å². The lowest BCUT2D eigenvalue weighted by molar-refractivity contribution is 0.178.